The molecule has 1 atom stereocenters. The summed E-state index contributed by atoms with van der Waals surface area (Å²) >= 11 is 0. The van der Waals surface area contributed by atoms with Crippen LogP contribution in [-0.2, 0) is 14.3 Å². The Morgan fingerprint density at radius 2 is 1.96 bits per heavy atom. The second-order valence-corrected chi connectivity index (χ2v) is 6.83. The van der Waals surface area contributed by atoms with E-state index in [1.165, 1.54) is 4.90 Å². The standard InChI is InChI=1S/C20H26N2O4/c1-26-12-6-11-22-19(24)17(16-8-3-2-4-9-16)18(20(22)25)21-10-5-7-15(13-21)14-23/h2-4,8-9,15,23H,5-7,10-14H2,1H3. The van der Waals surface area contributed by atoms with Crippen LogP contribution in [0.1, 0.15) is 24.8 Å². The van der Waals surface area contributed by atoms with Crippen LogP contribution in [0, 0.1) is 5.92 Å². The molecule has 1 unspecified atom stereocenters. The number of imide groups is 1. The summed E-state index contributed by atoms with van der Waals surface area (Å²) in [4.78, 5) is 29.5. The smallest absolute Gasteiger partial charge is 0.277 e. The highest BCUT2D eigenvalue weighted by molar-refractivity contribution is 6.35. The largest absolute Gasteiger partial charge is 0.396 e. The molecule has 1 N–H and O–H groups in total. The molecule has 2 aliphatic heterocycles. The monoisotopic (exact) mass is 358 g/mol. The minimum absolute atomic E-state index is 0.101. The molecule has 0 bridgehead atoms. The number of methoxy groups -OCH3 is 1. The molecule has 0 radical (unpaired) electrons. The van der Waals surface area contributed by atoms with Crippen LogP contribution in [0.25, 0.3) is 5.57 Å². The number of hydrogen-bond acceptors (Lipinski definition) is 5. The van der Waals surface area contributed by atoms with Crippen LogP contribution in [0.3, 0.4) is 0 Å². The van der Waals surface area contributed by atoms with Crippen molar-refractivity contribution in [2.45, 2.75) is 19.3 Å². The van der Waals surface area contributed by atoms with Gasteiger partial charge in [0.1, 0.15) is 5.70 Å². The van der Waals surface area contributed by atoms with Gasteiger partial charge in [0, 0.05) is 40.0 Å². The molecule has 140 valence electrons. The highest BCUT2D eigenvalue weighted by atomic mass is 16.5. The molecule has 1 aromatic carbocycles. The Labute approximate surface area is 154 Å². The Balaban J connectivity index is 1.95. The number of hydrogen-bond donors (Lipinski definition) is 1. The quantitative estimate of drug-likeness (QED) is 0.591. The van der Waals surface area contributed by atoms with E-state index in [0.29, 0.717) is 37.4 Å². The molecule has 26 heavy (non-hydrogen) atoms. The molecular weight excluding hydrogens is 332 g/mol. The zero-order valence-electron chi connectivity index (χ0n) is 15.2. The number of aliphatic hydroxyl groups is 1. The summed E-state index contributed by atoms with van der Waals surface area (Å²) < 4.78 is 5.05. The van der Waals surface area contributed by atoms with Gasteiger partial charge in [0.2, 0.25) is 0 Å². The fourth-order valence-corrected chi connectivity index (χ4v) is 3.71. The number of carbonyl (C=O) groups excluding carboxylic acids is 2. The number of ether oxygens (including phenoxy) is 1. The Bertz CT molecular complexity index is 686. The van der Waals surface area contributed by atoms with Crippen molar-refractivity contribution in [3.8, 4) is 0 Å². The Morgan fingerprint density at radius 1 is 1.19 bits per heavy atom. The number of nitrogens with zero attached hydrogens (tertiary/aromatic N) is 2. The second-order valence-electron chi connectivity index (χ2n) is 6.83. The third-order valence-electron chi connectivity index (χ3n) is 5.03. The van der Waals surface area contributed by atoms with Gasteiger partial charge in [-0.2, -0.15) is 0 Å². The minimum atomic E-state index is -0.238. The highest BCUT2D eigenvalue weighted by Gasteiger charge is 2.42. The lowest BCUT2D eigenvalue weighted by molar-refractivity contribution is -0.137. The first-order chi connectivity index (χ1) is 12.7. The summed E-state index contributed by atoms with van der Waals surface area (Å²) in [5.41, 5.74) is 1.73. The van der Waals surface area contributed by atoms with Gasteiger partial charge < -0.3 is 14.7 Å². The number of rotatable bonds is 7. The van der Waals surface area contributed by atoms with Crippen molar-refractivity contribution in [1.29, 1.82) is 0 Å². The molecule has 6 heteroatoms. The van der Waals surface area contributed by atoms with Crippen molar-refractivity contribution < 1.29 is 19.4 Å². The first-order valence-electron chi connectivity index (χ1n) is 9.18. The van der Waals surface area contributed by atoms with E-state index in [0.717, 1.165) is 24.9 Å². The van der Waals surface area contributed by atoms with Crippen molar-refractivity contribution in [3.63, 3.8) is 0 Å². The number of aliphatic hydroxyl groups excluding tert-OH is 1. The molecule has 2 aliphatic rings. The Morgan fingerprint density at radius 3 is 2.65 bits per heavy atom. The zero-order chi connectivity index (χ0) is 18.5. The van der Waals surface area contributed by atoms with Crippen molar-refractivity contribution in [2.75, 3.05) is 40.0 Å². The fraction of sp³-hybridized carbons (Fsp3) is 0.500. The maximum Gasteiger partial charge on any atom is 0.277 e. The van der Waals surface area contributed by atoms with E-state index >= 15 is 0 Å². The van der Waals surface area contributed by atoms with E-state index in [1.54, 1.807) is 7.11 Å². The van der Waals surface area contributed by atoms with E-state index < -0.39 is 0 Å². The lowest BCUT2D eigenvalue weighted by Crippen LogP contribution is -2.40. The number of piperidine rings is 1. The zero-order valence-corrected chi connectivity index (χ0v) is 15.2. The molecular formula is C20H26N2O4. The van der Waals surface area contributed by atoms with Gasteiger partial charge in [0.15, 0.2) is 0 Å². The molecule has 0 spiro atoms. The SMILES string of the molecule is COCCCN1C(=O)C(c2ccccc2)=C(N2CCCC(CO)C2)C1=O. The van der Waals surface area contributed by atoms with Crippen LogP contribution >= 0.6 is 0 Å². The number of carbonyl (C=O) groups is 2. The summed E-state index contributed by atoms with van der Waals surface area (Å²) in [6.07, 6.45) is 2.46. The van der Waals surface area contributed by atoms with Crippen LogP contribution in [0.5, 0.6) is 0 Å². The van der Waals surface area contributed by atoms with E-state index in [-0.39, 0.29) is 24.3 Å². The summed E-state index contributed by atoms with van der Waals surface area (Å²) in [6, 6.07) is 9.37. The first kappa shape index (κ1) is 18.6. The maximum atomic E-state index is 13.1. The van der Waals surface area contributed by atoms with Crippen LogP contribution < -0.4 is 0 Å². The molecule has 3 rings (SSSR count). The van der Waals surface area contributed by atoms with Gasteiger partial charge in [-0.1, -0.05) is 30.3 Å². The van der Waals surface area contributed by atoms with Crippen molar-refractivity contribution in [3.05, 3.63) is 41.6 Å². The van der Waals surface area contributed by atoms with Gasteiger partial charge in [-0.05, 0) is 30.7 Å². The first-order valence-corrected chi connectivity index (χ1v) is 9.18. The molecule has 1 fully saturated rings. The lowest BCUT2D eigenvalue weighted by Gasteiger charge is -2.34. The number of likely N-dealkylation sites (tertiary alicyclic amines) is 1. The van der Waals surface area contributed by atoms with Crippen LogP contribution in [0.15, 0.2) is 36.0 Å². The van der Waals surface area contributed by atoms with Crippen LogP contribution in [0.4, 0.5) is 0 Å². The predicted octanol–water partition coefficient (Wildman–Crippen LogP) is 1.51. The van der Waals surface area contributed by atoms with Crippen molar-refractivity contribution >= 4 is 17.4 Å². The average molecular weight is 358 g/mol. The number of benzene rings is 1. The topological polar surface area (TPSA) is 70.1 Å². The lowest BCUT2D eigenvalue weighted by atomic mass is 9.97. The van der Waals surface area contributed by atoms with E-state index in [1.807, 2.05) is 35.2 Å². The second kappa shape index (κ2) is 8.47. The molecule has 1 aromatic rings. The average Bonchev–Trinajstić information content (AvgIpc) is 2.93. The van der Waals surface area contributed by atoms with Gasteiger partial charge in [-0.3, -0.25) is 14.5 Å². The molecule has 2 heterocycles. The Hall–Kier alpha value is -2.18. The van der Waals surface area contributed by atoms with Gasteiger partial charge >= 0.3 is 0 Å². The molecule has 0 aromatic heterocycles. The molecule has 0 saturated carbocycles. The summed E-state index contributed by atoms with van der Waals surface area (Å²) in [5, 5.41) is 9.53. The van der Waals surface area contributed by atoms with Gasteiger partial charge in [-0.15, -0.1) is 0 Å². The third-order valence-corrected chi connectivity index (χ3v) is 5.03. The molecule has 2 amide bonds. The van der Waals surface area contributed by atoms with Crippen LogP contribution in [0.2, 0.25) is 0 Å². The maximum absolute atomic E-state index is 13.1. The van der Waals surface area contributed by atoms with Crippen LogP contribution in [-0.4, -0.2) is 66.7 Å². The molecule has 6 nitrogen and oxygen atoms in total. The molecule has 1 saturated heterocycles. The van der Waals surface area contributed by atoms with Gasteiger partial charge in [0.05, 0.1) is 5.57 Å². The van der Waals surface area contributed by atoms with Gasteiger partial charge in [-0.25, -0.2) is 0 Å². The van der Waals surface area contributed by atoms with E-state index in [2.05, 4.69) is 0 Å². The van der Waals surface area contributed by atoms with Gasteiger partial charge in [0.25, 0.3) is 11.8 Å². The number of amides is 2. The highest BCUT2D eigenvalue weighted by Crippen LogP contribution is 2.33. The summed E-state index contributed by atoms with van der Waals surface area (Å²) in [6.45, 7) is 2.29. The Kier molecular flexibility index (Phi) is 6.06. The van der Waals surface area contributed by atoms with Crippen molar-refractivity contribution in [2.24, 2.45) is 5.92 Å². The molecule has 0 aliphatic carbocycles. The van der Waals surface area contributed by atoms with Crippen molar-refractivity contribution in [1.82, 2.24) is 9.80 Å². The van der Waals surface area contributed by atoms with E-state index in [4.69, 9.17) is 4.74 Å². The van der Waals surface area contributed by atoms with E-state index in [9.17, 15) is 14.7 Å². The summed E-state index contributed by atoms with van der Waals surface area (Å²) in [7, 11) is 1.61. The fourth-order valence-electron chi connectivity index (χ4n) is 3.71. The third kappa shape index (κ3) is 3.66. The summed E-state index contributed by atoms with van der Waals surface area (Å²) in [5.74, 6) is -0.333. The predicted molar refractivity (Wildman–Crippen MR) is 98.0 cm³/mol. The minimum Gasteiger partial charge on any atom is -0.396 e. The normalized spacial score (nSPS) is 21.1.